The lowest BCUT2D eigenvalue weighted by atomic mass is 10.1. The Bertz CT molecular complexity index is 436. The molecule has 0 spiro atoms. The van der Waals surface area contributed by atoms with Gasteiger partial charge in [0.25, 0.3) is 0 Å². The molecule has 0 amide bonds. The molecule has 0 aromatic carbocycles. The van der Waals surface area contributed by atoms with Crippen LogP contribution >= 0.6 is 0 Å². The smallest absolute Gasteiger partial charge is 0.141 e. The van der Waals surface area contributed by atoms with Crippen LogP contribution in [0.1, 0.15) is 57.9 Å². The summed E-state index contributed by atoms with van der Waals surface area (Å²) in [6.45, 7) is 7.06. The summed E-state index contributed by atoms with van der Waals surface area (Å²) in [7, 11) is 0. The third kappa shape index (κ3) is 4.40. The molecule has 1 atom stereocenters. The van der Waals surface area contributed by atoms with E-state index in [1.165, 1.54) is 31.9 Å². The summed E-state index contributed by atoms with van der Waals surface area (Å²) in [6, 6.07) is 2.18. The molecule has 1 unspecified atom stereocenters. The summed E-state index contributed by atoms with van der Waals surface area (Å²) in [4.78, 5) is 6.84. The first kappa shape index (κ1) is 16.2. The zero-order valence-electron chi connectivity index (χ0n) is 13.4. The lowest BCUT2D eigenvalue weighted by Gasteiger charge is -2.32. The lowest BCUT2D eigenvalue weighted by Crippen LogP contribution is -2.36. The zero-order valence-corrected chi connectivity index (χ0v) is 13.4. The van der Waals surface area contributed by atoms with Crippen LogP contribution in [0.15, 0.2) is 12.3 Å². The fourth-order valence-corrected chi connectivity index (χ4v) is 3.14. The molecule has 0 radical (unpaired) electrons. The van der Waals surface area contributed by atoms with Gasteiger partial charge in [-0.1, -0.05) is 26.7 Å². The Morgan fingerprint density at radius 2 is 2.19 bits per heavy atom. The van der Waals surface area contributed by atoms with E-state index < -0.39 is 0 Å². The SMILES string of the molecule is CCCNCc1cc(F)cnc1N1CCCCCC1CC. The predicted octanol–water partition coefficient (Wildman–Crippen LogP) is 3.88. The first-order chi connectivity index (χ1) is 10.3. The van der Waals surface area contributed by atoms with Crippen LogP contribution < -0.4 is 10.2 Å². The Labute approximate surface area is 127 Å². The average Bonchev–Trinajstić information content (AvgIpc) is 2.73. The van der Waals surface area contributed by atoms with E-state index in [0.29, 0.717) is 12.6 Å². The third-order valence-corrected chi connectivity index (χ3v) is 4.27. The number of nitrogens with zero attached hydrogens (tertiary/aromatic N) is 2. The first-order valence-corrected chi connectivity index (χ1v) is 8.38. The van der Waals surface area contributed by atoms with Crippen LogP contribution in [-0.2, 0) is 6.54 Å². The third-order valence-electron chi connectivity index (χ3n) is 4.27. The number of anilines is 1. The van der Waals surface area contributed by atoms with Gasteiger partial charge < -0.3 is 10.2 Å². The molecule has 1 saturated heterocycles. The maximum Gasteiger partial charge on any atom is 0.141 e. The molecule has 1 fully saturated rings. The minimum Gasteiger partial charge on any atom is -0.353 e. The van der Waals surface area contributed by atoms with Crippen LogP contribution in [-0.4, -0.2) is 24.1 Å². The highest BCUT2D eigenvalue weighted by molar-refractivity contribution is 5.48. The monoisotopic (exact) mass is 293 g/mol. The molecule has 1 N–H and O–H groups in total. The number of hydrogen-bond acceptors (Lipinski definition) is 3. The van der Waals surface area contributed by atoms with Crippen LogP contribution in [0, 0.1) is 5.82 Å². The zero-order chi connectivity index (χ0) is 15.1. The average molecular weight is 293 g/mol. The summed E-state index contributed by atoms with van der Waals surface area (Å²) >= 11 is 0. The second kappa shape index (κ2) is 8.32. The highest BCUT2D eigenvalue weighted by atomic mass is 19.1. The molecule has 2 rings (SSSR count). The number of aromatic nitrogens is 1. The van der Waals surface area contributed by atoms with Gasteiger partial charge in [-0.15, -0.1) is 0 Å². The summed E-state index contributed by atoms with van der Waals surface area (Å²) < 4.78 is 13.6. The molecule has 1 aromatic rings. The van der Waals surface area contributed by atoms with Gasteiger partial charge in [0.15, 0.2) is 0 Å². The van der Waals surface area contributed by atoms with Crippen molar-refractivity contribution >= 4 is 5.82 Å². The number of hydrogen-bond donors (Lipinski definition) is 1. The highest BCUT2D eigenvalue weighted by Gasteiger charge is 2.23. The van der Waals surface area contributed by atoms with E-state index in [0.717, 1.165) is 37.3 Å². The molecular weight excluding hydrogens is 265 g/mol. The molecule has 0 aliphatic carbocycles. The van der Waals surface area contributed by atoms with Crippen molar-refractivity contribution in [1.82, 2.24) is 10.3 Å². The topological polar surface area (TPSA) is 28.2 Å². The van der Waals surface area contributed by atoms with Crippen LogP contribution in [0.5, 0.6) is 0 Å². The largest absolute Gasteiger partial charge is 0.353 e. The Balaban J connectivity index is 2.22. The first-order valence-electron chi connectivity index (χ1n) is 8.38. The van der Waals surface area contributed by atoms with Gasteiger partial charge in [-0.05, 0) is 38.3 Å². The van der Waals surface area contributed by atoms with E-state index >= 15 is 0 Å². The molecular formula is C17H28FN3. The van der Waals surface area contributed by atoms with Gasteiger partial charge >= 0.3 is 0 Å². The molecule has 3 nitrogen and oxygen atoms in total. The Kier molecular flexibility index (Phi) is 6.43. The van der Waals surface area contributed by atoms with E-state index in [9.17, 15) is 4.39 Å². The molecule has 0 saturated carbocycles. The molecule has 1 aromatic heterocycles. The quantitative estimate of drug-likeness (QED) is 0.807. The summed E-state index contributed by atoms with van der Waals surface area (Å²) in [5.41, 5.74) is 0.990. The lowest BCUT2D eigenvalue weighted by molar-refractivity contribution is 0.545. The van der Waals surface area contributed by atoms with Crippen molar-refractivity contribution in [3.63, 3.8) is 0 Å². The van der Waals surface area contributed by atoms with Gasteiger partial charge in [-0.25, -0.2) is 9.37 Å². The van der Waals surface area contributed by atoms with Crippen molar-refractivity contribution in [3.8, 4) is 0 Å². The highest BCUT2D eigenvalue weighted by Crippen LogP contribution is 2.27. The van der Waals surface area contributed by atoms with Gasteiger partial charge in [0.2, 0.25) is 0 Å². The van der Waals surface area contributed by atoms with Gasteiger partial charge in [-0.2, -0.15) is 0 Å². The number of nitrogens with one attached hydrogen (secondary N) is 1. The van der Waals surface area contributed by atoms with E-state index in [1.54, 1.807) is 6.07 Å². The maximum absolute atomic E-state index is 13.6. The summed E-state index contributed by atoms with van der Waals surface area (Å²) in [6.07, 6.45) is 8.57. The van der Waals surface area contributed by atoms with Crippen molar-refractivity contribution in [2.24, 2.45) is 0 Å². The molecule has 118 valence electrons. The molecule has 1 aliphatic heterocycles. The van der Waals surface area contributed by atoms with E-state index in [2.05, 4.69) is 29.0 Å². The second-order valence-corrected chi connectivity index (χ2v) is 5.92. The van der Waals surface area contributed by atoms with Crippen molar-refractivity contribution in [2.45, 2.75) is 65.0 Å². The molecule has 21 heavy (non-hydrogen) atoms. The molecule has 1 aliphatic rings. The second-order valence-electron chi connectivity index (χ2n) is 5.92. The van der Waals surface area contributed by atoms with Crippen LogP contribution in [0.4, 0.5) is 10.2 Å². The Morgan fingerprint density at radius 3 is 2.95 bits per heavy atom. The van der Waals surface area contributed by atoms with Crippen LogP contribution in [0.3, 0.4) is 0 Å². The standard InChI is InChI=1S/C17H28FN3/c1-3-9-19-12-14-11-15(18)13-20-17(14)21-10-7-5-6-8-16(21)4-2/h11,13,16,19H,3-10,12H2,1-2H3. The van der Waals surface area contributed by atoms with E-state index in [1.807, 2.05) is 0 Å². The molecule has 2 heterocycles. The summed E-state index contributed by atoms with van der Waals surface area (Å²) in [5.74, 6) is 0.740. The molecule has 4 heteroatoms. The maximum atomic E-state index is 13.6. The van der Waals surface area contributed by atoms with Crippen molar-refractivity contribution in [1.29, 1.82) is 0 Å². The van der Waals surface area contributed by atoms with Crippen LogP contribution in [0.25, 0.3) is 0 Å². The Morgan fingerprint density at radius 1 is 1.33 bits per heavy atom. The number of pyridine rings is 1. The summed E-state index contributed by atoms with van der Waals surface area (Å²) in [5, 5.41) is 3.37. The fraction of sp³-hybridized carbons (Fsp3) is 0.706. The fourth-order valence-electron chi connectivity index (χ4n) is 3.14. The van der Waals surface area contributed by atoms with Gasteiger partial charge in [0, 0.05) is 24.7 Å². The predicted molar refractivity (Wildman–Crippen MR) is 86.1 cm³/mol. The van der Waals surface area contributed by atoms with Gasteiger partial charge in [0.05, 0.1) is 6.20 Å². The normalized spacial score (nSPS) is 19.6. The van der Waals surface area contributed by atoms with Crippen molar-refractivity contribution in [2.75, 3.05) is 18.0 Å². The van der Waals surface area contributed by atoms with Gasteiger partial charge in [-0.3, -0.25) is 0 Å². The van der Waals surface area contributed by atoms with E-state index in [-0.39, 0.29) is 5.82 Å². The van der Waals surface area contributed by atoms with Crippen LogP contribution in [0.2, 0.25) is 0 Å². The van der Waals surface area contributed by atoms with Crippen molar-refractivity contribution in [3.05, 3.63) is 23.6 Å². The van der Waals surface area contributed by atoms with Crippen molar-refractivity contribution < 1.29 is 4.39 Å². The number of rotatable bonds is 6. The number of halogens is 1. The Hall–Kier alpha value is -1.16. The minimum absolute atomic E-state index is 0.241. The molecule has 0 bridgehead atoms. The minimum atomic E-state index is -0.241. The van der Waals surface area contributed by atoms with Gasteiger partial charge in [0.1, 0.15) is 11.6 Å². The van der Waals surface area contributed by atoms with E-state index in [4.69, 9.17) is 0 Å².